The number of nitrogens with one attached hydrogen (secondary N) is 1. The van der Waals surface area contributed by atoms with E-state index in [1.165, 1.54) is 0 Å². The predicted molar refractivity (Wildman–Crippen MR) is 83.1 cm³/mol. The smallest absolute Gasteiger partial charge is 0.261 e. The third-order valence-electron chi connectivity index (χ3n) is 4.20. The number of carbonyl (C=O) groups is 1. The van der Waals surface area contributed by atoms with Crippen molar-refractivity contribution in [1.82, 2.24) is 10.2 Å². The molecule has 2 fully saturated rings. The number of rotatable bonds is 3. The van der Waals surface area contributed by atoms with Crippen molar-refractivity contribution in [3.63, 3.8) is 0 Å². The molecule has 2 atom stereocenters. The van der Waals surface area contributed by atoms with Gasteiger partial charge in [0.15, 0.2) is 6.61 Å². The van der Waals surface area contributed by atoms with E-state index in [-0.39, 0.29) is 12.5 Å². The van der Waals surface area contributed by atoms with E-state index in [0.29, 0.717) is 27.9 Å². The fourth-order valence-electron chi connectivity index (χ4n) is 3.18. The number of halogens is 2. The minimum Gasteiger partial charge on any atom is -0.484 e. The lowest BCUT2D eigenvalue weighted by molar-refractivity contribution is -0.136. The maximum Gasteiger partial charge on any atom is 0.261 e. The van der Waals surface area contributed by atoms with Crippen LogP contribution < -0.4 is 10.1 Å². The van der Waals surface area contributed by atoms with Crippen molar-refractivity contribution < 1.29 is 9.53 Å². The number of carbonyl (C=O) groups excluding carboxylic acids is 1. The normalized spacial score (nSPS) is 24.8. The number of nitrogens with zero attached hydrogens (tertiary/aromatic N) is 1. The van der Waals surface area contributed by atoms with Gasteiger partial charge in [-0.1, -0.05) is 23.2 Å². The number of hydrogen-bond acceptors (Lipinski definition) is 3. The van der Waals surface area contributed by atoms with Gasteiger partial charge in [0.1, 0.15) is 5.75 Å². The van der Waals surface area contributed by atoms with Crippen molar-refractivity contribution in [1.29, 1.82) is 0 Å². The van der Waals surface area contributed by atoms with Crippen LogP contribution in [-0.4, -0.2) is 42.6 Å². The molecule has 1 aromatic carbocycles. The summed E-state index contributed by atoms with van der Waals surface area (Å²) in [5.74, 6) is 0.621. The highest BCUT2D eigenvalue weighted by atomic mass is 35.5. The summed E-state index contributed by atoms with van der Waals surface area (Å²) in [5, 5.41) is 4.29. The van der Waals surface area contributed by atoms with E-state index in [1.54, 1.807) is 18.2 Å². The van der Waals surface area contributed by atoms with Gasteiger partial charge in [0.05, 0.1) is 10.0 Å². The first kappa shape index (κ1) is 14.9. The van der Waals surface area contributed by atoms with E-state index >= 15 is 0 Å². The minimum atomic E-state index is 0.0466. The molecule has 2 unspecified atom stereocenters. The molecule has 1 N–H and O–H groups in total. The predicted octanol–water partition coefficient (Wildman–Crippen LogP) is 2.73. The van der Waals surface area contributed by atoms with E-state index in [9.17, 15) is 4.79 Å². The van der Waals surface area contributed by atoms with Crippen LogP contribution in [-0.2, 0) is 4.79 Å². The van der Waals surface area contributed by atoms with Gasteiger partial charge in [0, 0.05) is 24.7 Å². The summed E-state index contributed by atoms with van der Waals surface area (Å²) in [7, 11) is 0. The first-order chi connectivity index (χ1) is 10.1. The second kappa shape index (κ2) is 6.42. The van der Waals surface area contributed by atoms with Crippen molar-refractivity contribution in [3.8, 4) is 5.75 Å². The number of fused-ring (bicyclic) bond motifs is 2. The summed E-state index contributed by atoms with van der Waals surface area (Å²) in [6.45, 7) is 1.92. The Balaban J connectivity index is 1.62. The Bertz CT molecular complexity index is 524. The molecule has 2 saturated heterocycles. The molecule has 114 valence electrons. The molecule has 0 aromatic heterocycles. The highest BCUT2D eigenvalue weighted by Crippen LogP contribution is 2.29. The average molecular weight is 329 g/mol. The molecule has 2 aliphatic rings. The lowest BCUT2D eigenvalue weighted by atomic mass is 10.1. The van der Waals surface area contributed by atoms with Crippen LogP contribution in [0.4, 0.5) is 0 Å². The highest BCUT2D eigenvalue weighted by molar-refractivity contribution is 6.42. The average Bonchev–Trinajstić information content (AvgIpc) is 2.73. The molecule has 1 amide bonds. The van der Waals surface area contributed by atoms with Crippen molar-refractivity contribution in [3.05, 3.63) is 28.2 Å². The largest absolute Gasteiger partial charge is 0.484 e. The number of hydrogen-bond donors (Lipinski definition) is 1. The second-order valence-electron chi connectivity index (χ2n) is 5.54. The Labute approximate surface area is 134 Å². The molecule has 2 bridgehead atoms. The molecule has 21 heavy (non-hydrogen) atoms. The van der Waals surface area contributed by atoms with Crippen LogP contribution in [0.5, 0.6) is 5.75 Å². The van der Waals surface area contributed by atoms with Crippen LogP contribution >= 0.6 is 23.2 Å². The van der Waals surface area contributed by atoms with Crippen LogP contribution in [0.3, 0.4) is 0 Å². The first-order valence-electron chi connectivity index (χ1n) is 7.25. The molecule has 0 spiro atoms. The molecule has 0 aliphatic carbocycles. The Morgan fingerprint density at radius 1 is 1.24 bits per heavy atom. The van der Waals surface area contributed by atoms with E-state index in [2.05, 4.69) is 5.32 Å². The zero-order valence-electron chi connectivity index (χ0n) is 11.6. The van der Waals surface area contributed by atoms with Crippen LogP contribution in [0.1, 0.15) is 19.3 Å². The molecule has 2 heterocycles. The standard InChI is InChI=1S/C15H18Cl2N2O2/c16-13-4-3-12(7-14(13)17)21-9-15(20)19-10-1-2-11(19)8-18-6-5-10/h3-4,7,10-11,18H,1-2,5-6,8-9H2. The lowest BCUT2D eigenvalue weighted by Gasteiger charge is -2.27. The molecule has 0 saturated carbocycles. The van der Waals surface area contributed by atoms with Crippen LogP contribution in [0.15, 0.2) is 18.2 Å². The third-order valence-corrected chi connectivity index (χ3v) is 4.93. The van der Waals surface area contributed by atoms with E-state index < -0.39 is 0 Å². The van der Waals surface area contributed by atoms with Gasteiger partial charge in [-0.05, 0) is 37.9 Å². The highest BCUT2D eigenvalue weighted by Gasteiger charge is 2.37. The number of amides is 1. The number of benzene rings is 1. The first-order valence-corrected chi connectivity index (χ1v) is 8.00. The van der Waals surface area contributed by atoms with Gasteiger partial charge in [0.2, 0.25) is 0 Å². The molecule has 4 nitrogen and oxygen atoms in total. The summed E-state index contributed by atoms with van der Waals surface area (Å²) in [5.41, 5.74) is 0. The quantitative estimate of drug-likeness (QED) is 0.927. The summed E-state index contributed by atoms with van der Waals surface area (Å²) in [6, 6.07) is 5.69. The zero-order valence-corrected chi connectivity index (χ0v) is 13.2. The summed E-state index contributed by atoms with van der Waals surface area (Å²) in [6.07, 6.45) is 3.20. The summed E-state index contributed by atoms with van der Waals surface area (Å²) >= 11 is 11.8. The van der Waals surface area contributed by atoms with E-state index in [1.807, 2.05) is 4.90 Å². The molecular weight excluding hydrogens is 311 g/mol. The van der Waals surface area contributed by atoms with Gasteiger partial charge < -0.3 is 15.0 Å². The lowest BCUT2D eigenvalue weighted by Crippen LogP contribution is -2.44. The van der Waals surface area contributed by atoms with Gasteiger partial charge >= 0.3 is 0 Å². The SMILES string of the molecule is O=C(COc1ccc(Cl)c(Cl)c1)N1C2CCNCC1CC2. The minimum absolute atomic E-state index is 0.0466. The Hall–Kier alpha value is -0.970. The fraction of sp³-hybridized carbons (Fsp3) is 0.533. The molecule has 2 aliphatic heterocycles. The second-order valence-corrected chi connectivity index (χ2v) is 6.36. The van der Waals surface area contributed by atoms with Crippen molar-refractivity contribution in [2.24, 2.45) is 0 Å². The molecule has 3 rings (SSSR count). The van der Waals surface area contributed by atoms with Crippen LogP contribution in [0.2, 0.25) is 10.0 Å². The van der Waals surface area contributed by atoms with Crippen molar-refractivity contribution >= 4 is 29.1 Å². The molecule has 6 heteroatoms. The maximum atomic E-state index is 12.5. The Morgan fingerprint density at radius 2 is 2.05 bits per heavy atom. The van der Waals surface area contributed by atoms with Crippen molar-refractivity contribution in [2.75, 3.05) is 19.7 Å². The third kappa shape index (κ3) is 3.28. The Kier molecular flexibility index (Phi) is 4.57. The summed E-state index contributed by atoms with van der Waals surface area (Å²) in [4.78, 5) is 14.5. The van der Waals surface area contributed by atoms with Gasteiger partial charge in [-0.25, -0.2) is 0 Å². The van der Waals surface area contributed by atoms with E-state index in [4.69, 9.17) is 27.9 Å². The topological polar surface area (TPSA) is 41.6 Å². The number of ether oxygens (including phenoxy) is 1. The van der Waals surface area contributed by atoms with Gasteiger partial charge in [-0.2, -0.15) is 0 Å². The molecule has 0 radical (unpaired) electrons. The van der Waals surface area contributed by atoms with Crippen molar-refractivity contribution in [2.45, 2.75) is 31.3 Å². The van der Waals surface area contributed by atoms with Gasteiger partial charge in [0.25, 0.3) is 5.91 Å². The fourth-order valence-corrected chi connectivity index (χ4v) is 3.46. The Morgan fingerprint density at radius 3 is 2.86 bits per heavy atom. The maximum absolute atomic E-state index is 12.5. The van der Waals surface area contributed by atoms with Crippen LogP contribution in [0.25, 0.3) is 0 Å². The molecular formula is C15H18Cl2N2O2. The van der Waals surface area contributed by atoms with Crippen LogP contribution in [0, 0.1) is 0 Å². The van der Waals surface area contributed by atoms with Gasteiger partial charge in [-0.3, -0.25) is 4.79 Å². The summed E-state index contributed by atoms with van der Waals surface area (Å²) < 4.78 is 5.57. The zero-order chi connectivity index (χ0) is 14.8. The van der Waals surface area contributed by atoms with E-state index in [0.717, 1.165) is 32.4 Å². The monoisotopic (exact) mass is 328 g/mol. The van der Waals surface area contributed by atoms with Gasteiger partial charge in [-0.15, -0.1) is 0 Å². The molecule has 1 aromatic rings.